The molecule has 3 aliphatic rings. The number of hydrogen-bond donors (Lipinski definition) is 0. The normalized spacial score (nSPS) is 54.9. The maximum atomic E-state index is 6.13. The fourth-order valence-corrected chi connectivity index (χ4v) is 4.44. The molecule has 98 valence electrons. The summed E-state index contributed by atoms with van der Waals surface area (Å²) in [5.74, 6) is 3.95. The van der Waals surface area contributed by atoms with Gasteiger partial charge in [0.25, 0.3) is 0 Å². The van der Waals surface area contributed by atoms with Crippen LogP contribution in [0.4, 0.5) is 0 Å². The minimum atomic E-state index is 0.0986. The fraction of sp³-hybridized carbons (Fsp3) is 1.00. The van der Waals surface area contributed by atoms with E-state index >= 15 is 0 Å². The summed E-state index contributed by atoms with van der Waals surface area (Å²) in [7, 11) is 0. The molecular weight excluding hydrogens is 212 g/mol. The summed E-state index contributed by atoms with van der Waals surface area (Å²) < 4.78 is 12.1. The van der Waals surface area contributed by atoms with Crippen molar-refractivity contribution in [3.05, 3.63) is 0 Å². The van der Waals surface area contributed by atoms with Crippen LogP contribution in [0, 0.1) is 29.6 Å². The van der Waals surface area contributed by atoms with Crippen LogP contribution in [0.1, 0.15) is 46.5 Å². The van der Waals surface area contributed by atoms with Crippen molar-refractivity contribution >= 4 is 0 Å². The first-order valence-electron chi connectivity index (χ1n) is 7.44. The average molecular weight is 238 g/mol. The summed E-state index contributed by atoms with van der Waals surface area (Å²) in [5, 5.41) is 0. The number of ether oxygens (including phenoxy) is 2. The molecule has 0 aromatic heterocycles. The summed E-state index contributed by atoms with van der Waals surface area (Å²) in [5.41, 5.74) is 0. The molecule has 1 aliphatic carbocycles. The summed E-state index contributed by atoms with van der Waals surface area (Å²) in [6.07, 6.45) is 5.84. The Bertz CT molecular complexity index is 278. The van der Waals surface area contributed by atoms with E-state index in [-0.39, 0.29) is 6.29 Å². The van der Waals surface area contributed by atoms with Crippen LogP contribution in [0.15, 0.2) is 0 Å². The maximum Gasteiger partial charge on any atom is 0.161 e. The highest BCUT2D eigenvalue weighted by atomic mass is 16.7. The predicted molar refractivity (Wildman–Crippen MR) is 67.6 cm³/mol. The van der Waals surface area contributed by atoms with E-state index in [9.17, 15) is 0 Å². The molecular formula is C15H26O2. The third kappa shape index (κ3) is 2.04. The van der Waals surface area contributed by atoms with Crippen LogP contribution in [0.3, 0.4) is 0 Å². The van der Waals surface area contributed by atoms with Gasteiger partial charge in [0, 0.05) is 5.92 Å². The minimum absolute atomic E-state index is 0.0986. The Morgan fingerprint density at radius 3 is 2.35 bits per heavy atom. The van der Waals surface area contributed by atoms with Crippen molar-refractivity contribution < 1.29 is 9.47 Å². The molecule has 2 nitrogen and oxygen atoms in total. The Hall–Kier alpha value is -0.0800. The van der Waals surface area contributed by atoms with Gasteiger partial charge in [-0.25, -0.2) is 0 Å². The average Bonchev–Trinajstić information content (AvgIpc) is 2.47. The van der Waals surface area contributed by atoms with Gasteiger partial charge in [0.05, 0.1) is 12.7 Å². The van der Waals surface area contributed by atoms with Crippen LogP contribution < -0.4 is 0 Å². The Kier molecular flexibility index (Phi) is 3.20. The second-order valence-electron chi connectivity index (χ2n) is 6.66. The van der Waals surface area contributed by atoms with Gasteiger partial charge >= 0.3 is 0 Å². The van der Waals surface area contributed by atoms with E-state index < -0.39 is 0 Å². The molecule has 0 aromatic rings. The molecule has 0 bridgehead atoms. The summed E-state index contributed by atoms with van der Waals surface area (Å²) in [6.45, 7) is 7.91. The Morgan fingerprint density at radius 1 is 0.824 bits per heavy atom. The summed E-state index contributed by atoms with van der Waals surface area (Å²) >= 11 is 0. The largest absolute Gasteiger partial charge is 0.352 e. The molecule has 3 fully saturated rings. The van der Waals surface area contributed by atoms with E-state index in [1.54, 1.807) is 0 Å². The van der Waals surface area contributed by atoms with Gasteiger partial charge in [0.1, 0.15) is 0 Å². The second kappa shape index (κ2) is 4.55. The lowest BCUT2D eigenvalue weighted by Gasteiger charge is -2.49. The van der Waals surface area contributed by atoms with Crippen molar-refractivity contribution in [3.63, 3.8) is 0 Å². The molecule has 7 atom stereocenters. The van der Waals surface area contributed by atoms with Crippen LogP contribution in [-0.4, -0.2) is 19.0 Å². The van der Waals surface area contributed by atoms with E-state index in [0.717, 1.165) is 30.3 Å². The first kappa shape index (κ1) is 12.0. The molecule has 1 unspecified atom stereocenters. The molecule has 0 amide bonds. The zero-order chi connectivity index (χ0) is 12.0. The van der Waals surface area contributed by atoms with E-state index in [2.05, 4.69) is 20.8 Å². The van der Waals surface area contributed by atoms with Crippen molar-refractivity contribution in [2.75, 3.05) is 6.61 Å². The molecule has 0 radical (unpaired) electrons. The van der Waals surface area contributed by atoms with Gasteiger partial charge in [-0.3, -0.25) is 0 Å². The van der Waals surface area contributed by atoms with Crippen LogP contribution in [-0.2, 0) is 9.47 Å². The molecule has 0 spiro atoms. The SMILES string of the molecule is C[C@@H]1CC[C@@H]2C3[C@H](OC[C@@H]2C)O[C@@H](C)CC[C@H]31. The standard InChI is InChI=1S/C15H26O2/c1-9-4-6-13-10(2)8-16-15-14(13)12(9)7-5-11(3)17-15/h9-15H,4-8H2,1-3H3/t9-,10+,11+,12+,13+,14?,15-/m1/s1. The zero-order valence-electron chi connectivity index (χ0n) is 11.4. The smallest absolute Gasteiger partial charge is 0.161 e. The molecule has 17 heavy (non-hydrogen) atoms. The van der Waals surface area contributed by atoms with Gasteiger partial charge in [0.15, 0.2) is 6.29 Å². The third-order valence-corrected chi connectivity index (χ3v) is 5.52. The monoisotopic (exact) mass is 238 g/mol. The fourth-order valence-electron chi connectivity index (χ4n) is 4.44. The Balaban J connectivity index is 1.88. The van der Waals surface area contributed by atoms with Gasteiger partial charge < -0.3 is 9.47 Å². The molecule has 0 N–H and O–H groups in total. The van der Waals surface area contributed by atoms with Crippen LogP contribution >= 0.6 is 0 Å². The lowest BCUT2D eigenvalue weighted by molar-refractivity contribution is -0.249. The van der Waals surface area contributed by atoms with Gasteiger partial charge in [-0.1, -0.05) is 20.3 Å². The lowest BCUT2D eigenvalue weighted by atomic mass is 9.61. The minimum Gasteiger partial charge on any atom is -0.352 e. The van der Waals surface area contributed by atoms with Gasteiger partial charge in [0.2, 0.25) is 0 Å². The van der Waals surface area contributed by atoms with Crippen LogP contribution in [0.5, 0.6) is 0 Å². The maximum absolute atomic E-state index is 6.13. The van der Waals surface area contributed by atoms with Crippen molar-refractivity contribution in [1.29, 1.82) is 0 Å². The predicted octanol–water partition coefficient (Wildman–Crippen LogP) is 3.46. The molecule has 2 heterocycles. The van der Waals surface area contributed by atoms with Gasteiger partial charge in [-0.05, 0) is 49.9 Å². The van der Waals surface area contributed by atoms with E-state index in [1.165, 1.54) is 25.7 Å². The van der Waals surface area contributed by atoms with E-state index in [4.69, 9.17) is 9.47 Å². The number of hydrogen-bond acceptors (Lipinski definition) is 2. The molecule has 2 heteroatoms. The van der Waals surface area contributed by atoms with Crippen LogP contribution in [0.2, 0.25) is 0 Å². The molecule has 2 aliphatic heterocycles. The highest BCUT2D eigenvalue weighted by molar-refractivity contribution is 4.93. The van der Waals surface area contributed by atoms with Gasteiger partial charge in [-0.2, -0.15) is 0 Å². The van der Waals surface area contributed by atoms with E-state index in [1.807, 2.05) is 0 Å². The molecule has 3 rings (SSSR count). The Labute approximate surface area is 105 Å². The van der Waals surface area contributed by atoms with Crippen molar-refractivity contribution in [2.45, 2.75) is 58.8 Å². The summed E-state index contributed by atoms with van der Waals surface area (Å²) in [6, 6.07) is 0. The van der Waals surface area contributed by atoms with Crippen molar-refractivity contribution in [1.82, 2.24) is 0 Å². The quantitative estimate of drug-likeness (QED) is 0.643. The topological polar surface area (TPSA) is 18.5 Å². The van der Waals surface area contributed by atoms with Crippen molar-refractivity contribution in [2.24, 2.45) is 29.6 Å². The first-order valence-corrected chi connectivity index (χ1v) is 7.44. The second-order valence-corrected chi connectivity index (χ2v) is 6.66. The molecule has 2 saturated heterocycles. The molecule has 0 aromatic carbocycles. The Morgan fingerprint density at radius 2 is 1.53 bits per heavy atom. The first-order chi connectivity index (χ1) is 8.16. The summed E-state index contributed by atoms with van der Waals surface area (Å²) in [4.78, 5) is 0. The van der Waals surface area contributed by atoms with E-state index in [0.29, 0.717) is 12.0 Å². The van der Waals surface area contributed by atoms with Crippen LogP contribution in [0.25, 0.3) is 0 Å². The zero-order valence-corrected chi connectivity index (χ0v) is 11.4. The lowest BCUT2D eigenvalue weighted by Crippen LogP contribution is -2.49. The number of rotatable bonds is 0. The highest BCUT2D eigenvalue weighted by Crippen LogP contribution is 2.50. The third-order valence-electron chi connectivity index (χ3n) is 5.52. The van der Waals surface area contributed by atoms with Gasteiger partial charge in [-0.15, -0.1) is 0 Å². The van der Waals surface area contributed by atoms with Crippen molar-refractivity contribution in [3.8, 4) is 0 Å². The highest BCUT2D eigenvalue weighted by Gasteiger charge is 2.49. The molecule has 1 saturated carbocycles.